The zero-order chi connectivity index (χ0) is 13.7. The van der Waals surface area contributed by atoms with Gasteiger partial charge in [-0.1, -0.05) is 60.7 Å². The lowest BCUT2D eigenvalue weighted by atomic mass is 10.00. The van der Waals surface area contributed by atoms with E-state index < -0.39 is 10.2 Å². The van der Waals surface area contributed by atoms with Gasteiger partial charge in [-0.15, -0.1) is 0 Å². The van der Waals surface area contributed by atoms with Crippen LogP contribution in [0.3, 0.4) is 0 Å². The van der Waals surface area contributed by atoms with Crippen LogP contribution in [-0.4, -0.2) is 8.42 Å². The Morgan fingerprint density at radius 2 is 1.47 bits per heavy atom. The number of rotatable bonds is 5. The first-order chi connectivity index (χ1) is 9.04. The largest absolute Gasteiger partial charge is 0.274 e. The van der Waals surface area contributed by atoms with Gasteiger partial charge in [0.05, 0.1) is 6.04 Å². The lowest BCUT2D eigenvalue weighted by molar-refractivity contribution is 0.556. The second-order valence-electron chi connectivity index (χ2n) is 4.32. The normalized spacial score (nSPS) is 13.1. The molecule has 2 rings (SSSR count). The minimum Gasteiger partial charge on any atom is -0.216 e. The standard InChI is InChI=1S/C14H16N2O2S/c15-19(17,18)16-14(13-9-5-2-6-10-13)11-12-7-3-1-4-8-12/h1-10,14,16H,11H2,(H2,15,17,18)/t14-/m1/s1. The molecule has 0 spiro atoms. The van der Waals surface area contributed by atoms with Gasteiger partial charge < -0.3 is 0 Å². The van der Waals surface area contributed by atoms with Crippen LogP contribution in [-0.2, 0) is 16.6 Å². The van der Waals surface area contributed by atoms with Gasteiger partial charge in [0, 0.05) is 0 Å². The highest BCUT2D eigenvalue weighted by Gasteiger charge is 2.16. The SMILES string of the molecule is NS(=O)(=O)N[C@H](Cc1ccccc1)c1ccccc1. The van der Waals surface area contributed by atoms with Gasteiger partial charge in [0.15, 0.2) is 0 Å². The van der Waals surface area contributed by atoms with E-state index >= 15 is 0 Å². The Morgan fingerprint density at radius 3 is 2.00 bits per heavy atom. The molecule has 0 heterocycles. The zero-order valence-corrected chi connectivity index (χ0v) is 11.2. The fourth-order valence-electron chi connectivity index (χ4n) is 1.96. The third-order valence-corrected chi connectivity index (χ3v) is 3.40. The fraction of sp³-hybridized carbons (Fsp3) is 0.143. The van der Waals surface area contributed by atoms with Crippen molar-refractivity contribution in [1.29, 1.82) is 0 Å². The van der Waals surface area contributed by atoms with E-state index in [2.05, 4.69) is 4.72 Å². The molecule has 0 saturated heterocycles. The first-order valence-corrected chi connectivity index (χ1v) is 7.48. The molecule has 0 aromatic heterocycles. The molecule has 0 radical (unpaired) electrons. The van der Waals surface area contributed by atoms with E-state index in [0.717, 1.165) is 11.1 Å². The molecule has 3 N–H and O–H groups in total. The summed E-state index contributed by atoms with van der Waals surface area (Å²) in [5.74, 6) is 0. The first kappa shape index (κ1) is 13.7. The molecule has 0 amide bonds. The predicted octanol–water partition coefficient (Wildman–Crippen LogP) is 1.76. The van der Waals surface area contributed by atoms with Crippen LogP contribution in [0, 0.1) is 0 Å². The van der Waals surface area contributed by atoms with Gasteiger partial charge in [-0.3, -0.25) is 0 Å². The molecule has 5 heteroatoms. The highest BCUT2D eigenvalue weighted by atomic mass is 32.2. The van der Waals surface area contributed by atoms with Crippen LogP contribution in [0.25, 0.3) is 0 Å². The summed E-state index contributed by atoms with van der Waals surface area (Å²) in [4.78, 5) is 0. The Kier molecular flexibility index (Phi) is 4.31. The number of hydrogen-bond acceptors (Lipinski definition) is 2. The van der Waals surface area contributed by atoms with E-state index in [1.54, 1.807) is 0 Å². The first-order valence-electron chi connectivity index (χ1n) is 5.93. The Hall–Kier alpha value is -1.69. The summed E-state index contributed by atoms with van der Waals surface area (Å²) in [6, 6.07) is 18.7. The molecule has 2 aromatic carbocycles. The fourth-order valence-corrected chi connectivity index (χ4v) is 2.58. The van der Waals surface area contributed by atoms with E-state index in [9.17, 15) is 8.42 Å². The lowest BCUT2D eigenvalue weighted by Crippen LogP contribution is -2.35. The maximum absolute atomic E-state index is 11.3. The molecule has 0 fully saturated rings. The van der Waals surface area contributed by atoms with Gasteiger partial charge in [0.1, 0.15) is 0 Å². The lowest BCUT2D eigenvalue weighted by Gasteiger charge is -2.17. The predicted molar refractivity (Wildman–Crippen MR) is 75.6 cm³/mol. The van der Waals surface area contributed by atoms with E-state index in [4.69, 9.17) is 5.14 Å². The van der Waals surface area contributed by atoms with Crippen molar-refractivity contribution >= 4 is 10.2 Å². The van der Waals surface area contributed by atoms with Crippen LogP contribution < -0.4 is 9.86 Å². The van der Waals surface area contributed by atoms with Crippen LogP contribution >= 0.6 is 0 Å². The van der Waals surface area contributed by atoms with Crippen molar-refractivity contribution in [2.75, 3.05) is 0 Å². The van der Waals surface area contributed by atoms with Gasteiger partial charge in [-0.2, -0.15) is 13.1 Å². The summed E-state index contributed by atoms with van der Waals surface area (Å²) in [5, 5.41) is 5.09. The highest BCUT2D eigenvalue weighted by molar-refractivity contribution is 7.87. The Balaban J connectivity index is 2.25. The summed E-state index contributed by atoms with van der Waals surface area (Å²) in [7, 11) is -3.74. The second-order valence-corrected chi connectivity index (χ2v) is 5.64. The van der Waals surface area contributed by atoms with Crippen molar-refractivity contribution in [2.45, 2.75) is 12.5 Å². The average molecular weight is 276 g/mol. The van der Waals surface area contributed by atoms with Crippen molar-refractivity contribution in [3.63, 3.8) is 0 Å². The molecule has 0 aliphatic rings. The summed E-state index contributed by atoms with van der Waals surface area (Å²) in [5.41, 5.74) is 1.94. The van der Waals surface area contributed by atoms with Crippen LogP contribution in [0.4, 0.5) is 0 Å². The van der Waals surface area contributed by atoms with Gasteiger partial charge in [-0.05, 0) is 17.5 Å². The minimum atomic E-state index is -3.74. The highest BCUT2D eigenvalue weighted by Crippen LogP contribution is 2.18. The van der Waals surface area contributed by atoms with Gasteiger partial charge in [0.2, 0.25) is 0 Å². The van der Waals surface area contributed by atoms with Crippen LogP contribution in [0.5, 0.6) is 0 Å². The molecular weight excluding hydrogens is 260 g/mol. The Bertz CT molecular complexity index is 612. The Labute approximate surface area is 113 Å². The van der Waals surface area contributed by atoms with Gasteiger partial charge in [0.25, 0.3) is 10.2 Å². The molecule has 0 aliphatic carbocycles. The summed E-state index contributed by atoms with van der Waals surface area (Å²) in [6.07, 6.45) is 0.557. The molecule has 0 bridgehead atoms. The molecular formula is C14H16N2O2S. The monoisotopic (exact) mass is 276 g/mol. The van der Waals surface area contributed by atoms with E-state index in [1.807, 2.05) is 60.7 Å². The molecule has 2 aromatic rings. The topological polar surface area (TPSA) is 72.2 Å². The third kappa shape index (κ3) is 4.48. The quantitative estimate of drug-likeness (QED) is 0.873. The Morgan fingerprint density at radius 1 is 0.947 bits per heavy atom. The van der Waals surface area contributed by atoms with Crippen molar-refractivity contribution in [3.05, 3.63) is 71.8 Å². The molecule has 19 heavy (non-hydrogen) atoms. The summed E-state index contributed by atoms with van der Waals surface area (Å²) >= 11 is 0. The van der Waals surface area contributed by atoms with E-state index in [1.165, 1.54) is 0 Å². The maximum Gasteiger partial charge on any atom is 0.274 e. The third-order valence-electron chi connectivity index (χ3n) is 2.79. The van der Waals surface area contributed by atoms with Crippen molar-refractivity contribution in [3.8, 4) is 0 Å². The molecule has 1 atom stereocenters. The van der Waals surface area contributed by atoms with Gasteiger partial charge in [-0.25, -0.2) is 5.14 Å². The van der Waals surface area contributed by atoms with Crippen LogP contribution in [0.2, 0.25) is 0 Å². The maximum atomic E-state index is 11.3. The minimum absolute atomic E-state index is 0.362. The second kappa shape index (κ2) is 5.97. The number of nitrogens with one attached hydrogen (secondary N) is 1. The zero-order valence-electron chi connectivity index (χ0n) is 10.4. The van der Waals surface area contributed by atoms with E-state index in [0.29, 0.717) is 6.42 Å². The van der Waals surface area contributed by atoms with Crippen molar-refractivity contribution in [1.82, 2.24) is 4.72 Å². The summed E-state index contributed by atoms with van der Waals surface area (Å²) in [6.45, 7) is 0. The van der Waals surface area contributed by atoms with Crippen LogP contribution in [0.15, 0.2) is 60.7 Å². The van der Waals surface area contributed by atoms with Crippen molar-refractivity contribution < 1.29 is 8.42 Å². The van der Waals surface area contributed by atoms with Crippen molar-refractivity contribution in [2.24, 2.45) is 5.14 Å². The number of nitrogens with two attached hydrogens (primary N) is 1. The molecule has 0 unspecified atom stereocenters. The van der Waals surface area contributed by atoms with Crippen LogP contribution in [0.1, 0.15) is 17.2 Å². The van der Waals surface area contributed by atoms with E-state index in [-0.39, 0.29) is 6.04 Å². The number of benzene rings is 2. The average Bonchev–Trinajstić information content (AvgIpc) is 2.39. The smallest absolute Gasteiger partial charge is 0.216 e. The molecule has 4 nitrogen and oxygen atoms in total. The summed E-state index contributed by atoms with van der Waals surface area (Å²) < 4.78 is 25.0. The molecule has 0 saturated carbocycles. The van der Waals surface area contributed by atoms with Gasteiger partial charge >= 0.3 is 0 Å². The molecule has 100 valence electrons. The molecule has 0 aliphatic heterocycles. The number of hydrogen-bond donors (Lipinski definition) is 2.